The molecular weight excluding hydrogens is 656 g/mol. The predicted molar refractivity (Wildman–Crippen MR) is 179 cm³/mol. The molecule has 5 rings (SSSR count). The van der Waals surface area contributed by atoms with Gasteiger partial charge in [0.2, 0.25) is 23.1 Å². The molecule has 0 fully saturated rings. The van der Waals surface area contributed by atoms with E-state index in [1.807, 2.05) is 11.9 Å². The minimum absolute atomic E-state index is 0.0191. The van der Waals surface area contributed by atoms with Gasteiger partial charge in [0.1, 0.15) is 17.4 Å². The molecule has 4 N–H and O–H groups in total. The molecule has 4 aromatic rings. The van der Waals surface area contributed by atoms with Crippen molar-refractivity contribution in [2.24, 2.45) is 10.7 Å². The van der Waals surface area contributed by atoms with Crippen LogP contribution in [-0.4, -0.2) is 73.6 Å². The molecule has 13 nitrogen and oxygen atoms in total. The van der Waals surface area contributed by atoms with Crippen molar-refractivity contribution in [1.29, 1.82) is 5.41 Å². The predicted octanol–water partition coefficient (Wildman–Crippen LogP) is 6.01. The van der Waals surface area contributed by atoms with Crippen molar-refractivity contribution in [3.8, 4) is 52.0 Å². The molecule has 50 heavy (non-hydrogen) atoms. The first kappa shape index (κ1) is 34.9. The number of phenolic OH excluding ortho intramolecular Hbond substituents is 1. The van der Waals surface area contributed by atoms with Gasteiger partial charge < -0.3 is 44.2 Å². The summed E-state index contributed by atoms with van der Waals surface area (Å²) in [5, 5.41) is 18.2. The number of nitrogen functional groups attached to an aromatic ring is 1. The highest BCUT2D eigenvalue weighted by Gasteiger charge is 2.29. The van der Waals surface area contributed by atoms with Crippen LogP contribution in [0.1, 0.15) is 23.6 Å². The number of benzene rings is 3. The summed E-state index contributed by atoms with van der Waals surface area (Å²) >= 11 is 0. The summed E-state index contributed by atoms with van der Waals surface area (Å²) in [7, 11) is 4.48. The van der Waals surface area contributed by atoms with E-state index in [2.05, 4.69) is 9.98 Å². The Morgan fingerprint density at radius 3 is 2.30 bits per heavy atom. The van der Waals surface area contributed by atoms with Crippen molar-refractivity contribution in [3.05, 3.63) is 89.0 Å². The van der Waals surface area contributed by atoms with Crippen LogP contribution in [0.3, 0.4) is 0 Å². The lowest BCUT2D eigenvalue weighted by Gasteiger charge is -2.18. The summed E-state index contributed by atoms with van der Waals surface area (Å²) in [6.07, 6.45) is 2.62. The van der Waals surface area contributed by atoms with Crippen molar-refractivity contribution in [1.82, 2.24) is 9.88 Å². The number of halogens is 2. The van der Waals surface area contributed by atoms with Gasteiger partial charge in [0, 0.05) is 30.8 Å². The number of esters is 1. The number of amidine groups is 2. The number of aromatic hydroxyl groups is 1. The van der Waals surface area contributed by atoms with Crippen molar-refractivity contribution in [2.75, 3.05) is 41.0 Å². The first-order valence-corrected chi connectivity index (χ1v) is 15.1. The van der Waals surface area contributed by atoms with Gasteiger partial charge in [-0.05, 0) is 61.0 Å². The smallest absolute Gasteiger partial charge is 0.330 e. The largest absolute Gasteiger partial charge is 0.504 e. The summed E-state index contributed by atoms with van der Waals surface area (Å²) in [6, 6.07) is 13.2. The average Bonchev–Trinajstić information content (AvgIpc) is 3.54. The van der Waals surface area contributed by atoms with Gasteiger partial charge in [-0.2, -0.15) is 13.8 Å². The van der Waals surface area contributed by atoms with Gasteiger partial charge in [0.05, 0.1) is 27.4 Å². The van der Waals surface area contributed by atoms with E-state index in [4.69, 9.17) is 39.6 Å². The molecule has 15 heteroatoms. The molecule has 1 aliphatic heterocycles. The molecule has 2 heterocycles. The Morgan fingerprint density at radius 1 is 0.980 bits per heavy atom. The van der Waals surface area contributed by atoms with Gasteiger partial charge in [0.15, 0.2) is 23.0 Å². The second-order valence-electron chi connectivity index (χ2n) is 10.6. The molecule has 0 saturated carbocycles. The Balaban J connectivity index is 1.61. The topological polar surface area (TPSA) is 171 Å². The highest BCUT2D eigenvalue weighted by Crippen LogP contribution is 2.46. The van der Waals surface area contributed by atoms with Gasteiger partial charge in [-0.15, -0.1) is 0 Å². The van der Waals surface area contributed by atoms with Gasteiger partial charge in [-0.3, -0.25) is 10.4 Å². The van der Waals surface area contributed by atoms with E-state index in [-0.39, 0.29) is 46.8 Å². The fraction of sp³-hybridized carbons (Fsp3) is 0.200. The number of nitrogens with two attached hydrogens (primary N) is 1. The van der Waals surface area contributed by atoms with Gasteiger partial charge in [-0.25, -0.2) is 4.79 Å². The standard InChI is InChI=1S/C35H33F2N5O8/c1-5-47-27(44)12-9-19-15-25(45-3)30(26(16-19)46-4)50-31-28(36)34(48-22-8-6-7-21(17-22)33-40-13-14-42(33)2)41-35(29(31)37)49-24-18-20(32(38)39)10-11-23(24)43/h6-12,15-18,43H,5,13-14H2,1-4H3,(H3,38,39). The molecule has 260 valence electrons. The SMILES string of the molecule is CCOC(=O)C=Cc1cc(OC)c(Oc2c(F)c(Oc3cccc(C4=NCCN4C)c3)nc(Oc3cc(C(=N)N)ccc3O)c2F)c(OC)c1. The number of hydrogen-bond acceptors (Lipinski definition) is 12. The molecule has 1 aliphatic rings. The second kappa shape index (κ2) is 15.2. The number of carbonyl (C=O) groups excluding carboxylic acids is 1. The molecule has 0 spiro atoms. The number of nitrogens with one attached hydrogen (secondary N) is 1. The van der Waals surface area contributed by atoms with E-state index >= 15 is 8.78 Å². The van der Waals surface area contributed by atoms with Crippen LogP contribution in [0.5, 0.6) is 52.0 Å². The third kappa shape index (κ3) is 7.67. The Labute approximate surface area is 285 Å². The molecule has 0 saturated heterocycles. The highest BCUT2D eigenvalue weighted by molar-refractivity contribution is 6.00. The number of hydrogen-bond donors (Lipinski definition) is 3. The fourth-order valence-corrected chi connectivity index (χ4v) is 4.78. The zero-order valence-corrected chi connectivity index (χ0v) is 27.5. The van der Waals surface area contributed by atoms with E-state index in [9.17, 15) is 9.90 Å². The minimum atomic E-state index is -1.42. The summed E-state index contributed by atoms with van der Waals surface area (Å²) in [6.45, 7) is 3.19. The Kier molecular flexibility index (Phi) is 10.6. The minimum Gasteiger partial charge on any atom is -0.504 e. The third-order valence-electron chi connectivity index (χ3n) is 7.21. The zero-order valence-electron chi connectivity index (χ0n) is 27.5. The summed E-state index contributed by atoms with van der Waals surface area (Å²) < 4.78 is 65.6. The van der Waals surface area contributed by atoms with E-state index in [0.717, 1.165) is 6.54 Å². The summed E-state index contributed by atoms with van der Waals surface area (Å²) in [5.74, 6) is -6.56. The number of ether oxygens (including phenoxy) is 6. The Morgan fingerprint density at radius 2 is 1.68 bits per heavy atom. The van der Waals surface area contributed by atoms with Crippen LogP contribution >= 0.6 is 0 Å². The van der Waals surface area contributed by atoms with Crippen LogP contribution in [-0.2, 0) is 9.53 Å². The zero-order chi connectivity index (χ0) is 35.9. The molecule has 0 atom stereocenters. The van der Waals surface area contributed by atoms with Crippen molar-refractivity contribution >= 4 is 23.7 Å². The molecule has 0 unspecified atom stereocenters. The second-order valence-corrected chi connectivity index (χ2v) is 10.6. The van der Waals surface area contributed by atoms with Crippen LogP contribution in [0, 0.1) is 17.0 Å². The molecule has 0 amide bonds. The number of likely N-dealkylation sites (N-methyl/N-ethyl adjacent to an activating group) is 1. The maximum Gasteiger partial charge on any atom is 0.330 e. The molecule has 0 aliphatic carbocycles. The number of nitrogens with zero attached hydrogens (tertiary/aromatic N) is 3. The van der Waals surface area contributed by atoms with Gasteiger partial charge >= 0.3 is 5.97 Å². The van der Waals surface area contributed by atoms with Crippen LogP contribution in [0.2, 0.25) is 0 Å². The van der Waals surface area contributed by atoms with Crippen LogP contribution in [0.15, 0.2) is 65.7 Å². The monoisotopic (exact) mass is 689 g/mol. The number of carbonyl (C=O) groups is 1. The van der Waals surface area contributed by atoms with E-state index in [1.165, 1.54) is 56.7 Å². The molecule has 3 aromatic carbocycles. The maximum atomic E-state index is 16.3. The third-order valence-corrected chi connectivity index (χ3v) is 7.21. The Bertz CT molecular complexity index is 1980. The summed E-state index contributed by atoms with van der Waals surface area (Å²) in [4.78, 5) is 22.3. The number of rotatable bonds is 13. The molecular formula is C35H33F2N5O8. The van der Waals surface area contributed by atoms with Crippen LogP contribution in [0.25, 0.3) is 6.08 Å². The summed E-state index contributed by atoms with van der Waals surface area (Å²) in [5.41, 5.74) is 6.84. The molecule has 1 aromatic heterocycles. The number of phenols is 1. The fourth-order valence-electron chi connectivity index (χ4n) is 4.78. The molecule has 0 radical (unpaired) electrons. The van der Waals surface area contributed by atoms with E-state index < -0.39 is 40.9 Å². The molecule has 0 bridgehead atoms. The lowest BCUT2D eigenvalue weighted by Crippen LogP contribution is -2.23. The maximum absolute atomic E-state index is 16.3. The number of aliphatic imine (C=N–C) groups is 1. The Hall–Kier alpha value is -6.38. The number of pyridine rings is 1. The van der Waals surface area contributed by atoms with E-state index in [1.54, 1.807) is 31.2 Å². The van der Waals surface area contributed by atoms with Crippen LogP contribution in [0.4, 0.5) is 8.78 Å². The lowest BCUT2D eigenvalue weighted by atomic mass is 10.1. The van der Waals surface area contributed by atoms with Crippen molar-refractivity contribution < 1.29 is 47.1 Å². The van der Waals surface area contributed by atoms with Crippen LogP contribution < -0.4 is 29.4 Å². The van der Waals surface area contributed by atoms with Gasteiger partial charge in [0.25, 0.3) is 11.8 Å². The van der Waals surface area contributed by atoms with Crippen molar-refractivity contribution in [2.45, 2.75) is 6.92 Å². The van der Waals surface area contributed by atoms with Gasteiger partial charge in [-0.1, -0.05) is 12.1 Å². The number of methoxy groups -OCH3 is 2. The van der Waals surface area contributed by atoms with E-state index in [0.29, 0.717) is 23.5 Å². The first-order chi connectivity index (χ1) is 24.0. The average molecular weight is 690 g/mol. The number of aromatic nitrogens is 1. The van der Waals surface area contributed by atoms with Crippen molar-refractivity contribution in [3.63, 3.8) is 0 Å². The lowest BCUT2D eigenvalue weighted by molar-refractivity contribution is -0.137. The quantitative estimate of drug-likeness (QED) is 0.0650. The first-order valence-electron chi connectivity index (χ1n) is 15.1. The normalized spacial score (nSPS) is 12.4. The highest BCUT2D eigenvalue weighted by atomic mass is 19.1.